The molecule has 1 fully saturated rings. The Labute approximate surface area is 139 Å². The molecule has 2 aromatic heterocycles. The van der Waals surface area contributed by atoms with Crippen molar-refractivity contribution in [3.63, 3.8) is 0 Å². The second-order valence-electron chi connectivity index (χ2n) is 5.75. The number of rotatable bonds is 3. The molecule has 1 unspecified atom stereocenters. The van der Waals surface area contributed by atoms with Crippen LogP contribution in [0.3, 0.4) is 0 Å². The minimum absolute atomic E-state index is 0.0685. The summed E-state index contributed by atoms with van der Waals surface area (Å²) in [5.74, 6) is 0.316. The second kappa shape index (κ2) is 6.12. The van der Waals surface area contributed by atoms with Crippen molar-refractivity contribution < 1.29 is 22.4 Å². The van der Waals surface area contributed by atoms with E-state index in [0.717, 1.165) is 10.9 Å². The number of hydrogen-bond donors (Lipinski definition) is 1. The molecule has 0 bridgehead atoms. The molecule has 132 valence electrons. The largest absolute Gasteiger partial charge is 0.401 e. The van der Waals surface area contributed by atoms with Gasteiger partial charge < -0.3 is 9.26 Å². The number of alkyl halides is 3. The summed E-state index contributed by atoms with van der Waals surface area (Å²) in [7, 11) is 0. The Kier molecular flexibility index (Phi) is 3.92. The summed E-state index contributed by atoms with van der Waals surface area (Å²) in [4.78, 5) is 5.50. The van der Waals surface area contributed by atoms with Gasteiger partial charge in [0, 0.05) is 11.9 Å². The van der Waals surface area contributed by atoms with Crippen LogP contribution in [0.5, 0.6) is 0 Å². The summed E-state index contributed by atoms with van der Waals surface area (Å²) in [6, 6.07) is 6.68. The summed E-state index contributed by atoms with van der Waals surface area (Å²) in [5, 5.41) is 11.7. The standard InChI is InChI=1S/C15H14F3N5O2/c16-15(17,18)8-23-5-6-24-7-11(23)14-19-13(22-25-14)12-9-3-1-2-4-10(9)20-21-12/h1-4,11H,5-8H2,(H,20,21). The second-order valence-corrected chi connectivity index (χ2v) is 5.75. The molecule has 1 aromatic carbocycles. The van der Waals surface area contributed by atoms with Crippen molar-refractivity contribution >= 4 is 10.9 Å². The Morgan fingerprint density at radius 3 is 2.96 bits per heavy atom. The van der Waals surface area contributed by atoms with E-state index in [0.29, 0.717) is 5.69 Å². The van der Waals surface area contributed by atoms with Crippen LogP contribution >= 0.6 is 0 Å². The van der Waals surface area contributed by atoms with E-state index in [4.69, 9.17) is 9.26 Å². The molecule has 1 saturated heterocycles. The maximum atomic E-state index is 12.8. The first-order valence-corrected chi connectivity index (χ1v) is 7.67. The van der Waals surface area contributed by atoms with Gasteiger partial charge in [0.2, 0.25) is 11.7 Å². The van der Waals surface area contributed by atoms with Crippen molar-refractivity contribution in [2.24, 2.45) is 0 Å². The third-order valence-electron chi connectivity index (χ3n) is 4.03. The number of aromatic nitrogens is 4. The lowest BCUT2D eigenvalue weighted by molar-refractivity contribution is -0.164. The van der Waals surface area contributed by atoms with E-state index < -0.39 is 18.8 Å². The Bertz CT molecular complexity index is 875. The molecule has 0 amide bonds. The highest BCUT2D eigenvalue weighted by molar-refractivity contribution is 5.90. The van der Waals surface area contributed by atoms with Crippen molar-refractivity contribution in [1.29, 1.82) is 0 Å². The van der Waals surface area contributed by atoms with Crippen molar-refractivity contribution in [1.82, 2.24) is 25.2 Å². The highest BCUT2D eigenvalue weighted by Crippen LogP contribution is 2.30. The first-order valence-electron chi connectivity index (χ1n) is 7.67. The molecule has 0 saturated carbocycles. The third kappa shape index (κ3) is 3.22. The van der Waals surface area contributed by atoms with Crippen molar-refractivity contribution in [3.05, 3.63) is 30.2 Å². The maximum Gasteiger partial charge on any atom is 0.401 e. The van der Waals surface area contributed by atoms with E-state index in [1.807, 2.05) is 24.3 Å². The number of ether oxygens (including phenoxy) is 1. The molecule has 1 aliphatic heterocycles. The van der Waals surface area contributed by atoms with Crippen LogP contribution in [0.1, 0.15) is 11.9 Å². The van der Waals surface area contributed by atoms with Crippen LogP contribution in [0.15, 0.2) is 28.8 Å². The van der Waals surface area contributed by atoms with Gasteiger partial charge in [-0.1, -0.05) is 23.4 Å². The van der Waals surface area contributed by atoms with Gasteiger partial charge in [-0.25, -0.2) is 0 Å². The Hall–Kier alpha value is -2.46. The normalized spacial score (nSPS) is 19.6. The minimum Gasteiger partial charge on any atom is -0.378 e. The van der Waals surface area contributed by atoms with Crippen molar-refractivity contribution in [3.8, 4) is 11.5 Å². The van der Waals surface area contributed by atoms with Gasteiger partial charge in [-0.05, 0) is 6.07 Å². The molecule has 1 N–H and O–H groups in total. The van der Waals surface area contributed by atoms with Crippen LogP contribution in [-0.4, -0.2) is 57.7 Å². The summed E-state index contributed by atoms with van der Waals surface area (Å²) >= 11 is 0. The first kappa shape index (κ1) is 16.0. The smallest absolute Gasteiger partial charge is 0.378 e. The van der Waals surface area contributed by atoms with E-state index in [1.54, 1.807) is 0 Å². The number of morpholine rings is 1. The molecule has 1 aliphatic rings. The van der Waals surface area contributed by atoms with E-state index in [9.17, 15) is 13.2 Å². The Morgan fingerprint density at radius 2 is 2.12 bits per heavy atom. The molecule has 3 aromatic rings. The zero-order valence-electron chi connectivity index (χ0n) is 13.0. The number of benzene rings is 1. The first-order chi connectivity index (χ1) is 12.0. The lowest BCUT2D eigenvalue weighted by atomic mass is 10.2. The topological polar surface area (TPSA) is 80.1 Å². The number of fused-ring (bicyclic) bond motifs is 1. The maximum absolute atomic E-state index is 12.8. The zero-order chi connectivity index (χ0) is 17.4. The number of aromatic amines is 1. The van der Waals surface area contributed by atoms with E-state index >= 15 is 0 Å². The lowest BCUT2D eigenvalue weighted by Gasteiger charge is -2.33. The number of nitrogens with zero attached hydrogens (tertiary/aromatic N) is 4. The molecule has 4 rings (SSSR count). The SMILES string of the molecule is FC(F)(F)CN1CCOCC1c1nc(-c2n[nH]c3ccccc23)no1. The number of H-pyrrole nitrogens is 1. The molecular formula is C15H14F3N5O2. The molecule has 10 heteroatoms. The molecular weight excluding hydrogens is 339 g/mol. The van der Waals surface area contributed by atoms with Crippen LogP contribution in [0, 0.1) is 0 Å². The monoisotopic (exact) mass is 353 g/mol. The molecule has 3 heterocycles. The predicted molar refractivity (Wildman–Crippen MR) is 80.6 cm³/mol. The van der Waals surface area contributed by atoms with Gasteiger partial charge in [0.1, 0.15) is 11.7 Å². The molecule has 7 nitrogen and oxygen atoms in total. The summed E-state index contributed by atoms with van der Waals surface area (Å²) in [6.07, 6.45) is -4.31. The average Bonchev–Trinajstić information content (AvgIpc) is 3.20. The molecule has 0 spiro atoms. The van der Waals surface area contributed by atoms with Crippen molar-refractivity contribution in [2.75, 3.05) is 26.3 Å². The Morgan fingerprint density at radius 1 is 1.28 bits per heavy atom. The van der Waals surface area contributed by atoms with E-state index in [-0.39, 0.29) is 31.5 Å². The lowest BCUT2D eigenvalue weighted by Crippen LogP contribution is -2.44. The Balaban J connectivity index is 1.63. The van der Waals surface area contributed by atoms with Crippen LogP contribution in [-0.2, 0) is 4.74 Å². The van der Waals surface area contributed by atoms with Crippen LogP contribution in [0.4, 0.5) is 13.2 Å². The number of halogens is 3. The molecule has 25 heavy (non-hydrogen) atoms. The highest BCUT2D eigenvalue weighted by Gasteiger charge is 2.38. The van der Waals surface area contributed by atoms with Crippen LogP contribution in [0.2, 0.25) is 0 Å². The summed E-state index contributed by atoms with van der Waals surface area (Å²) in [6.45, 7) is -0.603. The molecule has 0 aliphatic carbocycles. The molecule has 1 atom stereocenters. The average molecular weight is 353 g/mol. The highest BCUT2D eigenvalue weighted by atomic mass is 19.4. The summed E-state index contributed by atoms with van der Waals surface area (Å²) < 4.78 is 48.8. The summed E-state index contributed by atoms with van der Waals surface area (Å²) in [5.41, 5.74) is 1.30. The minimum atomic E-state index is -4.31. The predicted octanol–water partition coefficient (Wildman–Crippen LogP) is 2.55. The van der Waals surface area contributed by atoms with Crippen LogP contribution in [0.25, 0.3) is 22.4 Å². The zero-order valence-corrected chi connectivity index (χ0v) is 13.0. The fourth-order valence-corrected chi connectivity index (χ4v) is 2.89. The fourth-order valence-electron chi connectivity index (χ4n) is 2.89. The third-order valence-corrected chi connectivity index (χ3v) is 4.03. The molecule has 0 radical (unpaired) electrons. The van der Waals surface area contributed by atoms with E-state index in [1.165, 1.54) is 4.90 Å². The van der Waals surface area contributed by atoms with Crippen molar-refractivity contribution in [2.45, 2.75) is 12.2 Å². The van der Waals surface area contributed by atoms with E-state index in [2.05, 4.69) is 20.3 Å². The van der Waals surface area contributed by atoms with Gasteiger partial charge in [0.25, 0.3) is 0 Å². The van der Waals surface area contributed by atoms with Gasteiger partial charge in [0.05, 0.1) is 25.3 Å². The fraction of sp³-hybridized carbons (Fsp3) is 0.400. The number of hydrogen-bond acceptors (Lipinski definition) is 6. The van der Waals surface area contributed by atoms with Crippen LogP contribution < -0.4 is 0 Å². The number of para-hydroxylation sites is 1. The van der Waals surface area contributed by atoms with Gasteiger partial charge >= 0.3 is 6.18 Å². The number of nitrogens with one attached hydrogen (secondary N) is 1. The quantitative estimate of drug-likeness (QED) is 0.779. The van der Waals surface area contributed by atoms with Gasteiger partial charge in [0.15, 0.2) is 0 Å². The van der Waals surface area contributed by atoms with Gasteiger partial charge in [-0.2, -0.15) is 23.3 Å². The van der Waals surface area contributed by atoms with Gasteiger partial charge in [-0.15, -0.1) is 0 Å². The van der Waals surface area contributed by atoms with Gasteiger partial charge in [-0.3, -0.25) is 10.00 Å².